The summed E-state index contributed by atoms with van der Waals surface area (Å²) in [6.45, 7) is 0. The molecule has 2 aromatic heterocycles. The van der Waals surface area contributed by atoms with Crippen molar-refractivity contribution in [2.45, 2.75) is 12.5 Å². The molecule has 156 valence electrons. The van der Waals surface area contributed by atoms with E-state index < -0.39 is 0 Å². The summed E-state index contributed by atoms with van der Waals surface area (Å²) in [6.07, 6.45) is 2.54. The predicted molar refractivity (Wildman–Crippen MR) is 127 cm³/mol. The molecule has 5 rings (SSSR count). The van der Waals surface area contributed by atoms with E-state index in [-0.39, 0.29) is 16.8 Å². The standard InChI is InChI=1S/C22H15Cl3N4OS/c23-12-8-14(22(30)16(24)9-12)17-10-18(27-26-17)15-11-29(13-4-2-1-3-5-13)28-21(15)19-6-7-20(25)31-19/h1-9,11,18,27,30H,10H2. The van der Waals surface area contributed by atoms with Gasteiger partial charge in [0.15, 0.2) is 0 Å². The highest BCUT2D eigenvalue weighted by atomic mass is 35.5. The van der Waals surface area contributed by atoms with Crippen LogP contribution in [0.2, 0.25) is 14.4 Å². The van der Waals surface area contributed by atoms with E-state index in [9.17, 15) is 5.11 Å². The van der Waals surface area contributed by atoms with Gasteiger partial charge in [0.25, 0.3) is 0 Å². The van der Waals surface area contributed by atoms with Gasteiger partial charge in [-0.15, -0.1) is 11.3 Å². The first-order valence-corrected chi connectivity index (χ1v) is 11.4. The minimum absolute atomic E-state index is 0.0301. The maximum atomic E-state index is 10.4. The van der Waals surface area contributed by atoms with E-state index in [0.29, 0.717) is 27.1 Å². The number of aromatic nitrogens is 2. The monoisotopic (exact) mass is 488 g/mol. The van der Waals surface area contributed by atoms with Crippen molar-refractivity contribution in [2.24, 2.45) is 5.10 Å². The number of phenols is 1. The third kappa shape index (κ3) is 3.92. The fourth-order valence-corrected chi connectivity index (χ4v) is 5.11. The van der Waals surface area contributed by atoms with Crippen LogP contribution in [-0.2, 0) is 0 Å². The molecule has 0 bridgehead atoms. The van der Waals surface area contributed by atoms with Gasteiger partial charge in [0.2, 0.25) is 0 Å². The normalized spacial score (nSPS) is 15.7. The Morgan fingerprint density at radius 3 is 2.61 bits per heavy atom. The summed E-state index contributed by atoms with van der Waals surface area (Å²) < 4.78 is 2.55. The van der Waals surface area contributed by atoms with E-state index in [0.717, 1.165) is 21.8 Å². The molecular weight excluding hydrogens is 475 g/mol. The second-order valence-electron chi connectivity index (χ2n) is 7.05. The molecule has 2 aromatic carbocycles. The van der Waals surface area contributed by atoms with Gasteiger partial charge in [-0.3, -0.25) is 0 Å². The summed E-state index contributed by atoms with van der Waals surface area (Å²) in [5.74, 6) is -0.0301. The van der Waals surface area contributed by atoms with Crippen LogP contribution in [-0.4, -0.2) is 20.6 Å². The molecule has 1 aliphatic rings. The number of thiophene rings is 1. The molecule has 4 aromatic rings. The van der Waals surface area contributed by atoms with Gasteiger partial charge in [-0.25, -0.2) is 4.68 Å². The van der Waals surface area contributed by atoms with Gasteiger partial charge in [0.05, 0.1) is 31.7 Å². The molecule has 0 saturated heterocycles. The number of nitrogens with one attached hydrogen (secondary N) is 1. The molecule has 0 radical (unpaired) electrons. The van der Waals surface area contributed by atoms with Crippen molar-refractivity contribution in [2.75, 3.05) is 0 Å². The number of nitrogens with zero attached hydrogens (tertiary/aromatic N) is 3. The lowest BCUT2D eigenvalue weighted by Crippen LogP contribution is -2.10. The molecule has 5 nitrogen and oxygen atoms in total. The van der Waals surface area contributed by atoms with E-state index in [1.165, 1.54) is 17.4 Å². The molecule has 0 fully saturated rings. The largest absolute Gasteiger partial charge is 0.506 e. The number of hydrazone groups is 1. The number of hydrogen-bond acceptors (Lipinski definition) is 5. The maximum Gasteiger partial charge on any atom is 0.143 e. The third-order valence-corrected chi connectivity index (χ3v) is 6.78. The molecule has 0 aliphatic carbocycles. The Morgan fingerprint density at radius 2 is 1.87 bits per heavy atom. The van der Waals surface area contributed by atoms with Gasteiger partial charge in [-0.05, 0) is 36.4 Å². The molecule has 9 heteroatoms. The summed E-state index contributed by atoms with van der Waals surface area (Å²) in [5.41, 5.74) is 7.14. The number of para-hydroxylation sites is 1. The van der Waals surface area contributed by atoms with E-state index in [4.69, 9.17) is 39.9 Å². The van der Waals surface area contributed by atoms with Crippen molar-refractivity contribution < 1.29 is 5.11 Å². The SMILES string of the molecule is Oc1c(Cl)cc(Cl)cc1C1=NNC(c2cn(-c3ccccc3)nc2-c2ccc(Cl)s2)C1. The smallest absolute Gasteiger partial charge is 0.143 e. The molecule has 1 unspecified atom stereocenters. The zero-order valence-electron chi connectivity index (χ0n) is 15.9. The minimum atomic E-state index is -0.138. The number of rotatable bonds is 4. The first-order valence-electron chi connectivity index (χ1n) is 9.41. The number of hydrogen-bond donors (Lipinski definition) is 2. The molecule has 3 heterocycles. The summed E-state index contributed by atoms with van der Waals surface area (Å²) in [4.78, 5) is 0.971. The van der Waals surface area contributed by atoms with Crippen LogP contribution in [0.15, 0.2) is 65.9 Å². The van der Waals surface area contributed by atoms with Crippen LogP contribution in [0.3, 0.4) is 0 Å². The van der Waals surface area contributed by atoms with Gasteiger partial charge in [0.1, 0.15) is 11.4 Å². The van der Waals surface area contributed by atoms with Crippen molar-refractivity contribution >= 4 is 51.9 Å². The van der Waals surface area contributed by atoms with Gasteiger partial charge >= 0.3 is 0 Å². The highest BCUT2D eigenvalue weighted by Gasteiger charge is 2.29. The van der Waals surface area contributed by atoms with Crippen LogP contribution in [0.4, 0.5) is 0 Å². The molecule has 0 amide bonds. The van der Waals surface area contributed by atoms with E-state index in [1.54, 1.807) is 6.07 Å². The second-order valence-corrected chi connectivity index (χ2v) is 9.60. The predicted octanol–water partition coefficient (Wildman–Crippen LogP) is 6.71. The van der Waals surface area contributed by atoms with Crippen molar-refractivity contribution in [3.63, 3.8) is 0 Å². The lowest BCUT2D eigenvalue weighted by atomic mass is 9.98. The zero-order valence-corrected chi connectivity index (χ0v) is 19.0. The highest BCUT2D eigenvalue weighted by Crippen LogP contribution is 2.39. The van der Waals surface area contributed by atoms with Crippen LogP contribution < -0.4 is 5.43 Å². The minimum Gasteiger partial charge on any atom is -0.506 e. The van der Waals surface area contributed by atoms with Crippen molar-refractivity contribution in [1.82, 2.24) is 15.2 Å². The summed E-state index contributed by atoms with van der Waals surface area (Å²) >= 11 is 19.9. The van der Waals surface area contributed by atoms with Crippen LogP contribution in [0.25, 0.3) is 16.3 Å². The van der Waals surface area contributed by atoms with Gasteiger partial charge in [0, 0.05) is 28.8 Å². The fourth-order valence-electron chi connectivity index (χ4n) is 3.56. The quantitative estimate of drug-likeness (QED) is 0.335. The molecular formula is C22H15Cl3N4OS. The van der Waals surface area contributed by atoms with Crippen molar-refractivity contribution in [3.05, 3.63) is 86.3 Å². The Bertz CT molecular complexity index is 1300. The lowest BCUT2D eigenvalue weighted by molar-refractivity contribution is 0.474. The lowest BCUT2D eigenvalue weighted by Gasteiger charge is -2.10. The van der Waals surface area contributed by atoms with Crippen molar-refractivity contribution in [3.8, 4) is 22.0 Å². The Labute approximate surface area is 197 Å². The first kappa shape index (κ1) is 20.4. The van der Waals surface area contributed by atoms with Crippen LogP contribution in [0.1, 0.15) is 23.6 Å². The molecule has 31 heavy (non-hydrogen) atoms. The molecule has 1 atom stereocenters. The van der Waals surface area contributed by atoms with Crippen LogP contribution >= 0.6 is 46.1 Å². The van der Waals surface area contributed by atoms with E-state index >= 15 is 0 Å². The molecule has 0 saturated carbocycles. The van der Waals surface area contributed by atoms with Crippen LogP contribution in [0, 0.1) is 0 Å². The highest BCUT2D eigenvalue weighted by molar-refractivity contribution is 7.19. The summed E-state index contributed by atoms with van der Waals surface area (Å²) in [6, 6.07) is 16.8. The Balaban J connectivity index is 1.53. The fraction of sp³-hybridized carbons (Fsp3) is 0.0909. The molecule has 2 N–H and O–H groups in total. The summed E-state index contributed by atoms with van der Waals surface area (Å²) in [5, 5.41) is 20.3. The topological polar surface area (TPSA) is 62.4 Å². The van der Waals surface area contributed by atoms with Gasteiger partial charge in [-0.2, -0.15) is 10.2 Å². The number of halogens is 3. The average molecular weight is 490 g/mol. The number of benzene rings is 2. The second kappa shape index (κ2) is 8.20. The van der Waals surface area contributed by atoms with Gasteiger partial charge < -0.3 is 10.5 Å². The van der Waals surface area contributed by atoms with Gasteiger partial charge in [-0.1, -0.05) is 53.0 Å². The zero-order chi connectivity index (χ0) is 21.5. The Kier molecular flexibility index (Phi) is 5.40. The van der Waals surface area contributed by atoms with E-state index in [1.807, 2.05) is 53.3 Å². The summed E-state index contributed by atoms with van der Waals surface area (Å²) in [7, 11) is 0. The number of aromatic hydroxyl groups is 1. The Morgan fingerprint density at radius 1 is 1.06 bits per heavy atom. The Hall–Kier alpha value is -2.51. The number of phenolic OH excluding ortho intramolecular Hbond substituents is 1. The van der Waals surface area contributed by atoms with Crippen molar-refractivity contribution in [1.29, 1.82) is 0 Å². The maximum absolute atomic E-state index is 10.4. The van der Waals surface area contributed by atoms with Crippen LogP contribution in [0.5, 0.6) is 5.75 Å². The van der Waals surface area contributed by atoms with E-state index in [2.05, 4.69) is 10.5 Å². The average Bonchev–Trinajstić information content (AvgIpc) is 3.50. The third-order valence-electron chi connectivity index (χ3n) is 5.04. The molecule has 0 spiro atoms. The first-order chi connectivity index (χ1) is 15.0. The molecule has 1 aliphatic heterocycles.